The third-order valence-corrected chi connectivity index (χ3v) is 35.5. The molecule has 0 aliphatic carbocycles. The van der Waals surface area contributed by atoms with Gasteiger partial charge in [-0.1, -0.05) is 0 Å². The van der Waals surface area contributed by atoms with Crippen LogP contribution in [0.4, 0.5) is 0 Å². The van der Waals surface area contributed by atoms with Crippen molar-refractivity contribution in [1.29, 1.82) is 0 Å². The monoisotopic (exact) mass is 769 g/mol. The molecule has 0 aromatic rings. The topological polar surface area (TPSA) is 77.1 Å². The lowest BCUT2D eigenvalue weighted by Gasteiger charge is -2.53. The number of piperidine rings is 1. The molecule has 47 heavy (non-hydrogen) atoms. The molecular weight excluding hydrogens is 695 g/mol. The van der Waals surface area contributed by atoms with E-state index in [1.54, 1.807) is 0 Å². The number of likely N-dealkylation sites (tertiary alicyclic amines) is 1. The fraction of sp³-hybridized carbons (Fsp3) is 1.00. The largest absolute Gasteiger partial charge is 0.420 e. The molecule has 0 saturated carbocycles. The first-order chi connectivity index (χ1) is 21.4. The van der Waals surface area contributed by atoms with Crippen LogP contribution in [0.15, 0.2) is 0 Å². The van der Waals surface area contributed by atoms with Crippen molar-refractivity contribution < 1.29 is 34.8 Å². The van der Waals surface area contributed by atoms with Crippen molar-refractivity contribution in [2.24, 2.45) is 0 Å². The average molecular weight is 770 g/mol. The molecule has 15 heteroatoms. The Hall–Kier alpha value is 0.941. The van der Waals surface area contributed by atoms with Crippen molar-refractivity contribution in [2.75, 3.05) is 41.1 Å². The smallest absolute Gasteiger partial charge is 0.317 e. The molecule has 2 rings (SSSR count). The van der Waals surface area contributed by atoms with E-state index in [1.165, 1.54) is 0 Å². The number of hydrogen-bond donors (Lipinski definition) is 0. The molecule has 9 nitrogen and oxygen atoms in total. The minimum absolute atomic E-state index is 0.104. The van der Waals surface area contributed by atoms with Gasteiger partial charge in [-0.3, -0.25) is 4.90 Å². The maximum absolute atomic E-state index is 7.43. The molecule has 2 saturated heterocycles. The Morgan fingerprint density at radius 3 is 1.38 bits per heavy atom. The van der Waals surface area contributed by atoms with E-state index in [0.29, 0.717) is 13.2 Å². The predicted molar refractivity (Wildman–Crippen MR) is 209 cm³/mol. The van der Waals surface area contributed by atoms with Crippen molar-refractivity contribution in [2.45, 2.75) is 166 Å². The van der Waals surface area contributed by atoms with E-state index in [9.17, 15) is 0 Å². The summed E-state index contributed by atoms with van der Waals surface area (Å²) in [6, 6.07) is 5.51. The summed E-state index contributed by atoms with van der Waals surface area (Å²) in [4.78, 5) is 2.51. The minimum atomic E-state index is -2.72. The fourth-order valence-electron chi connectivity index (χ4n) is 7.26. The Kier molecular flexibility index (Phi) is 16.1. The molecule has 0 N–H and O–H groups in total. The second-order valence-electron chi connectivity index (χ2n) is 17.4. The lowest BCUT2D eigenvalue weighted by Crippen LogP contribution is -2.67. The molecule has 2 aliphatic rings. The van der Waals surface area contributed by atoms with Gasteiger partial charge in [-0.15, -0.1) is 0 Å². The molecule has 0 amide bonds. The second kappa shape index (κ2) is 17.2. The fourth-order valence-corrected chi connectivity index (χ4v) is 37.7. The Balaban J connectivity index is 2.34. The van der Waals surface area contributed by atoms with Gasteiger partial charge in [-0.2, -0.15) is 0 Å². The zero-order valence-electron chi connectivity index (χ0n) is 33.5. The summed E-state index contributed by atoms with van der Waals surface area (Å²) >= 11 is 0. The first kappa shape index (κ1) is 44.1. The molecule has 0 bridgehead atoms. The molecule has 0 aromatic heterocycles. The van der Waals surface area contributed by atoms with E-state index in [4.69, 9.17) is 34.8 Å². The van der Waals surface area contributed by atoms with Crippen molar-refractivity contribution in [3.63, 3.8) is 0 Å². The van der Waals surface area contributed by atoms with Crippen LogP contribution in [-0.4, -0.2) is 114 Å². The van der Waals surface area contributed by atoms with E-state index in [0.717, 1.165) is 68.6 Å². The van der Waals surface area contributed by atoms with E-state index >= 15 is 0 Å². The van der Waals surface area contributed by atoms with E-state index in [-0.39, 0.29) is 17.2 Å². The van der Waals surface area contributed by atoms with Gasteiger partial charge in [0.15, 0.2) is 16.6 Å². The molecule has 2 heterocycles. The number of ether oxygens (including phenoxy) is 2. The maximum Gasteiger partial charge on any atom is 0.317 e. The van der Waals surface area contributed by atoms with Gasteiger partial charge in [-0.25, -0.2) is 0 Å². The van der Waals surface area contributed by atoms with E-state index in [1.807, 2.05) is 21.1 Å². The van der Waals surface area contributed by atoms with Crippen molar-refractivity contribution in [1.82, 2.24) is 4.90 Å². The Bertz CT molecular complexity index is 962. The van der Waals surface area contributed by atoms with E-state index in [2.05, 4.69) is 92.0 Å². The summed E-state index contributed by atoms with van der Waals surface area (Å²) in [5, 5.41) is 0. The average Bonchev–Trinajstić information content (AvgIpc) is 2.93. The molecule has 0 radical (unpaired) electrons. The highest BCUT2D eigenvalue weighted by Crippen LogP contribution is 2.41. The van der Waals surface area contributed by atoms with Gasteiger partial charge in [0.2, 0.25) is 0 Å². The van der Waals surface area contributed by atoms with Crippen molar-refractivity contribution >= 4 is 50.9 Å². The van der Waals surface area contributed by atoms with Crippen LogP contribution in [-0.2, 0) is 34.8 Å². The van der Waals surface area contributed by atoms with Gasteiger partial charge in [0.25, 0.3) is 0 Å². The maximum atomic E-state index is 7.43. The van der Waals surface area contributed by atoms with Crippen LogP contribution in [0, 0.1) is 0 Å². The summed E-state index contributed by atoms with van der Waals surface area (Å²) in [6.45, 7) is 31.7. The Morgan fingerprint density at radius 1 is 0.660 bits per heavy atom. The first-order valence-electron chi connectivity index (χ1n) is 18.2. The van der Waals surface area contributed by atoms with Crippen LogP contribution in [0.1, 0.15) is 60.3 Å². The summed E-state index contributed by atoms with van der Waals surface area (Å²) < 4.78 is 53.9. The highest BCUT2D eigenvalue weighted by molar-refractivity contribution is 6.94. The molecule has 4 unspecified atom stereocenters. The van der Waals surface area contributed by atoms with Crippen LogP contribution in [0.2, 0.25) is 88.6 Å². The van der Waals surface area contributed by atoms with Crippen LogP contribution < -0.4 is 0 Å². The Labute approximate surface area is 296 Å². The van der Waals surface area contributed by atoms with Crippen LogP contribution in [0.25, 0.3) is 0 Å². The summed E-state index contributed by atoms with van der Waals surface area (Å²) in [5.41, 5.74) is 0.208. The van der Waals surface area contributed by atoms with E-state index < -0.39 is 50.9 Å². The zero-order chi connectivity index (χ0) is 36.0. The Morgan fingerprint density at radius 2 is 1.02 bits per heavy atom. The summed E-state index contributed by atoms with van der Waals surface area (Å²) in [6.07, 6.45) is 4.15. The van der Waals surface area contributed by atoms with Crippen LogP contribution in [0.3, 0.4) is 0 Å². The normalized spacial score (nSPS) is 32.7. The quantitative estimate of drug-likeness (QED) is 0.101. The molecule has 4 atom stereocenters. The molecule has 0 aromatic carbocycles. The third kappa shape index (κ3) is 14.1. The molecule has 0 spiro atoms. The third-order valence-electron chi connectivity index (χ3n) is 10.7. The van der Waals surface area contributed by atoms with Crippen LogP contribution >= 0.6 is 0 Å². The van der Waals surface area contributed by atoms with Gasteiger partial charge in [0, 0.05) is 45.1 Å². The van der Waals surface area contributed by atoms with Crippen molar-refractivity contribution in [3.8, 4) is 0 Å². The summed E-state index contributed by atoms with van der Waals surface area (Å²) in [7, 11) is -8.53. The van der Waals surface area contributed by atoms with Gasteiger partial charge in [0.1, 0.15) is 0 Å². The molecule has 2 fully saturated rings. The van der Waals surface area contributed by atoms with Crippen molar-refractivity contribution in [3.05, 3.63) is 0 Å². The summed E-state index contributed by atoms with van der Waals surface area (Å²) in [5.74, 6) is 0. The van der Waals surface area contributed by atoms with Gasteiger partial charge in [-0.05, 0) is 156 Å². The SMILES string of the molecule is CCOCCC[Si]1(C)O[Si](C)(CCCOC2CC(C)(C)N(C)C(C)(C)C2)O[Si](C)(CC[Si](C)(C)OC)O[Si](C)(CC[Si](C)(C)OC)O1. The predicted octanol–water partition coefficient (Wildman–Crippen LogP) is 8.54. The standard InChI is InChI=1S/C32H75NO8Si6/c1-17-36-20-18-22-44(13)38-45(14,23-19-21-37-30-28-31(2,3)33(6)32(4,5)29-30)40-47(16,27-25-43(11,12)35-8)41-46(15,39-44)26-24-42(9,10)34-7/h30H,17-29H2,1-16H3. The van der Waals surface area contributed by atoms with Gasteiger partial charge in [0.05, 0.1) is 6.10 Å². The lowest BCUT2D eigenvalue weighted by molar-refractivity contribution is -0.0913. The highest BCUT2D eigenvalue weighted by Gasteiger charge is 2.57. The number of nitrogens with zero attached hydrogens (tertiary/aromatic N) is 1. The molecule has 2 aliphatic heterocycles. The molecular formula is C32H75NO8Si6. The highest BCUT2D eigenvalue weighted by atomic mass is 28.5. The minimum Gasteiger partial charge on any atom is -0.420 e. The zero-order valence-corrected chi connectivity index (χ0v) is 39.5. The lowest BCUT2D eigenvalue weighted by atomic mass is 9.79. The first-order valence-corrected chi connectivity index (χ1v) is 34.5. The number of rotatable bonds is 18. The van der Waals surface area contributed by atoms with Gasteiger partial charge < -0.3 is 34.8 Å². The van der Waals surface area contributed by atoms with Gasteiger partial charge >= 0.3 is 34.2 Å². The number of hydrogen-bond acceptors (Lipinski definition) is 9. The van der Waals surface area contributed by atoms with Crippen LogP contribution in [0.5, 0.6) is 0 Å². The molecule has 280 valence electrons. The second-order valence-corrected chi connectivity index (χ2v) is 40.6.